The zero-order valence-corrected chi connectivity index (χ0v) is 7.21. The minimum absolute atomic E-state index is 0.0931. The number of carboxylic acids is 1. The summed E-state index contributed by atoms with van der Waals surface area (Å²) in [6, 6.07) is 4.68. The standard InChI is InChI=1S/C9H5ClO3/c10-7-4-8-5(1-2-13-8)3-6(7)9(11)12/h1-4H,(H,11,12). The Balaban J connectivity index is 2.76. The van der Waals surface area contributed by atoms with Crippen molar-refractivity contribution in [3.63, 3.8) is 0 Å². The van der Waals surface area contributed by atoms with Gasteiger partial charge in [-0.05, 0) is 12.1 Å². The highest BCUT2D eigenvalue weighted by Crippen LogP contribution is 2.24. The molecule has 1 aromatic heterocycles. The summed E-state index contributed by atoms with van der Waals surface area (Å²) in [5.74, 6) is -1.03. The Bertz CT molecular complexity index is 473. The Morgan fingerprint density at radius 3 is 2.92 bits per heavy atom. The summed E-state index contributed by atoms with van der Waals surface area (Å²) in [5.41, 5.74) is 0.686. The lowest BCUT2D eigenvalue weighted by Crippen LogP contribution is -1.96. The Labute approximate surface area is 78.5 Å². The minimum Gasteiger partial charge on any atom is -0.478 e. The molecule has 3 nitrogen and oxygen atoms in total. The molecule has 0 bridgehead atoms. The van der Waals surface area contributed by atoms with Crippen molar-refractivity contribution in [2.45, 2.75) is 0 Å². The summed E-state index contributed by atoms with van der Waals surface area (Å²) in [6.45, 7) is 0. The van der Waals surface area contributed by atoms with Crippen molar-refractivity contribution in [1.29, 1.82) is 0 Å². The molecule has 1 heterocycles. The molecule has 0 atom stereocenters. The van der Waals surface area contributed by atoms with Gasteiger partial charge in [-0.1, -0.05) is 11.6 Å². The minimum atomic E-state index is -1.03. The topological polar surface area (TPSA) is 50.4 Å². The first-order chi connectivity index (χ1) is 6.18. The van der Waals surface area contributed by atoms with Crippen molar-refractivity contribution in [1.82, 2.24) is 0 Å². The third-order valence-corrected chi connectivity index (χ3v) is 2.09. The number of carboxylic acid groups (broad SMARTS) is 1. The van der Waals surface area contributed by atoms with Crippen molar-refractivity contribution >= 4 is 28.5 Å². The number of halogens is 1. The van der Waals surface area contributed by atoms with Crippen LogP contribution in [-0.2, 0) is 0 Å². The van der Waals surface area contributed by atoms with Gasteiger partial charge in [-0.25, -0.2) is 4.79 Å². The molecule has 0 saturated carbocycles. The van der Waals surface area contributed by atoms with E-state index in [1.807, 2.05) is 0 Å². The number of carbonyl (C=O) groups is 1. The number of benzene rings is 1. The molecule has 1 N–H and O–H groups in total. The van der Waals surface area contributed by atoms with Crippen LogP contribution >= 0.6 is 11.6 Å². The molecular weight excluding hydrogens is 192 g/mol. The van der Waals surface area contributed by atoms with Crippen LogP contribution in [0.1, 0.15) is 10.4 Å². The maximum absolute atomic E-state index is 10.7. The molecule has 0 saturated heterocycles. The molecule has 2 aromatic rings. The fraction of sp³-hybridized carbons (Fsp3) is 0. The summed E-state index contributed by atoms with van der Waals surface area (Å²) in [5, 5.41) is 9.68. The van der Waals surface area contributed by atoms with Crippen LogP contribution < -0.4 is 0 Å². The van der Waals surface area contributed by atoms with E-state index in [1.54, 1.807) is 6.07 Å². The number of aromatic carboxylic acids is 1. The molecule has 1 aromatic carbocycles. The highest BCUT2D eigenvalue weighted by molar-refractivity contribution is 6.34. The largest absolute Gasteiger partial charge is 0.478 e. The average molecular weight is 197 g/mol. The van der Waals surface area contributed by atoms with Crippen molar-refractivity contribution in [3.05, 3.63) is 35.0 Å². The Morgan fingerprint density at radius 2 is 2.23 bits per heavy atom. The van der Waals surface area contributed by atoms with Crippen molar-refractivity contribution in [2.24, 2.45) is 0 Å². The molecule has 0 aliphatic rings. The zero-order valence-electron chi connectivity index (χ0n) is 6.45. The molecule has 0 spiro atoms. The van der Waals surface area contributed by atoms with Gasteiger partial charge in [0, 0.05) is 11.5 Å². The SMILES string of the molecule is O=C(O)c1cc2ccoc2cc1Cl. The molecule has 0 aliphatic heterocycles. The number of furan rings is 1. The predicted molar refractivity (Wildman–Crippen MR) is 48.2 cm³/mol. The summed E-state index contributed by atoms with van der Waals surface area (Å²) < 4.78 is 5.06. The quantitative estimate of drug-likeness (QED) is 0.763. The molecule has 0 radical (unpaired) electrons. The van der Waals surface area contributed by atoms with Crippen LogP contribution in [0.5, 0.6) is 0 Å². The number of fused-ring (bicyclic) bond motifs is 1. The van der Waals surface area contributed by atoms with Gasteiger partial charge in [-0.15, -0.1) is 0 Å². The maximum atomic E-state index is 10.7. The number of hydrogen-bond donors (Lipinski definition) is 1. The monoisotopic (exact) mass is 196 g/mol. The van der Waals surface area contributed by atoms with Crippen LogP contribution in [0.2, 0.25) is 5.02 Å². The van der Waals surface area contributed by atoms with Gasteiger partial charge in [0.05, 0.1) is 16.8 Å². The second-order valence-corrected chi connectivity index (χ2v) is 3.00. The summed E-state index contributed by atoms with van der Waals surface area (Å²) in [4.78, 5) is 10.7. The van der Waals surface area contributed by atoms with Gasteiger partial charge >= 0.3 is 5.97 Å². The molecular formula is C9H5ClO3. The summed E-state index contributed by atoms with van der Waals surface area (Å²) in [7, 11) is 0. The van der Waals surface area contributed by atoms with E-state index in [9.17, 15) is 4.79 Å². The van der Waals surface area contributed by atoms with E-state index in [-0.39, 0.29) is 10.6 Å². The van der Waals surface area contributed by atoms with Crippen LogP contribution in [0.25, 0.3) is 11.0 Å². The van der Waals surface area contributed by atoms with E-state index in [0.717, 1.165) is 5.39 Å². The summed E-state index contributed by atoms with van der Waals surface area (Å²) >= 11 is 5.71. The molecule has 0 aliphatic carbocycles. The van der Waals surface area contributed by atoms with Crippen LogP contribution in [0.3, 0.4) is 0 Å². The van der Waals surface area contributed by atoms with E-state index in [1.165, 1.54) is 18.4 Å². The van der Waals surface area contributed by atoms with Gasteiger partial charge in [-0.2, -0.15) is 0 Å². The van der Waals surface area contributed by atoms with E-state index in [4.69, 9.17) is 21.1 Å². The molecule has 0 fully saturated rings. The van der Waals surface area contributed by atoms with Gasteiger partial charge in [0.15, 0.2) is 0 Å². The second kappa shape index (κ2) is 2.78. The van der Waals surface area contributed by atoms with Crippen LogP contribution in [0, 0.1) is 0 Å². The Morgan fingerprint density at radius 1 is 1.46 bits per heavy atom. The average Bonchev–Trinajstić information content (AvgIpc) is 2.48. The highest BCUT2D eigenvalue weighted by atomic mass is 35.5. The smallest absolute Gasteiger partial charge is 0.337 e. The predicted octanol–water partition coefficient (Wildman–Crippen LogP) is 2.78. The lowest BCUT2D eigenvalue weighted by atomic mass is 10.1. The lowest BCUT2D eigenvalue weighted by molar-refractivity contribution is 0.0697. The maximum Gasteiger partial charge on any atom is 0.337 e. The molecule has 4 heteroatoms. The zero-order chi connectivity index (χ0) is 9.42. The van der Waals surface area contributed by atoms with Gasteiger partial charge in [0.1, 0.15) is 5.58 Å². The van der Waals surface area contributed by atoms with E-state index < -0.39 is 5.97 Å². The van der Waals surface area contributed by atoms with E-state index in [0.29, 0.717) is 5.58 Å². The molecule has 2 rings (SSSR count). The fourth-order valence-electron chi connectivity index (χ4n) is 1.15. The van der Waals surface area contributed by atoms with Gasteiger partial charge < -0.3 is 9.52 Å². The molecule has 13 heavy (non-hydrogen) atoms. The molecule has 0 amide bonds. The Hall–Kier alpha value is -1.48. The molecule has 0 unspecified atom stereocenters. The number of hydrogen-bond acceptors (Lipinski definition) is 2. The van der Waals surface area contributed by atoms with Crippen molar-refractivity contribution < 1.29 is 14.3 Å². The first-order valence-corrected chi connectivity index (χ1v) is 3.96. The fourth-order valence-corrected chi connectivity index (χ4v) is 1.38. The van der Waals surface area contributed by atoms with Crippen molar-refractivity contribution in [2.75, 3.05) is 0 Å². The number of rotatable bonds is 1. The van der Waals surface area contributed by atoms with Gasteiger partial charge in [0.25, 0.3) is 0 Å². The van der Waals surface area contributed by atoms with Crippen LogP contribution in [0.4, 0.5) is 0 Å². The van der Waals surface area contributed by atoms with E-state index in [2.05, 4.69) is 0 Å². The molecule has 66 valence electrons. The first kappa shape index (κ1) is 8.13. The summed E-state index contributed by atoms with van der Waals surface area (Å²) in [6.07, 6.45) is 1.49. The van der Waals surface area contributed by atoms with Crippen molar-refractivity contribution in [3.8, 4) is 0 Å². The Kier molecular flexibility index (Phi) is 1.74. The van der Waals surface area contributed by atoms with Gasteiger partial charge in [-0.3, -0.25) is 0 Å². The normalized spacial score (nSPS) is 10.5. The first-order valence-electron chi connectivity index (χ1n) is 3.58. The third-order valence-electron chi connectivity index (χ3n) is 1.77. The lowest BCUT2D eigenvalue weighted by Gasteiger charge is -1.97. The van der Waals surface area contributed by atoms with Gasteiger partial charge in [0.2, 0.25) is 0 Å². The third kappa shape index (κ3) is 1.27. The highest BCUT2D eigenvalue weighted by Gasteiger charge is 2.10. The second-order valence-electron chi connectivity index (χ2n) is 2.60. The van der Waals surface area contributed by atoms with E-state index >= 15 is 0 Å². The van der Waals surface area contributed by atoms with Crippen LogP contribution in [-0.4, -0.2) is 11.1 Å². The van der Waals surface area contributed by atoms with Crippen LogP contribution in [0.15, 0.2) is 28.9 Å².